The van der Waals surface area contributed by atoms with Crippen LogP contribution in [0.2, 0.25) is 0 Å². The number of allylic oxidation sites excluding steroid dienone is 3. The van der Waals surface area contributed by atoms with E-state index in [1.807, 2.05) is 25.1 Å². The Morgan fingerprint density at radius 1 is 1.44 bits per heavy atom. The molecule has 0 aromatic heterocycles. The summed E-state index contributed by atoms with van der Waals surface area (Å²) in [6.45, 7) is 8.74. The molecular formula is C13H19N5. The SMILES string of the molecule is C=C(C#N)N=CC(=C)C(C=CN)=NCCN(C)C. The van der Waals surface area contributed by atoms with Gasteiger partial charge in [0.25, 0.3) is 0 Å². The second-order valence-corrected chi connectivity index (χ2v) is 3.77. The molecule has 0 fully saturated rings. The first kappa shape index (κ1) is 15.8. The lowest BCUT2D eigenvalue weighted by Crippen LogP contribution is -2.16. The molecule has 96 valence electrons. The summed E-state index contributed by atoms with van der Waals surface area (Å²) in [6.07, 6.45) is 4.51. The summed E-state index contributed by atoms with van der Waals surface area (Å²) in [5, 5.41) is 8.53. The molecule has 0 saturated heterocycles. The van der Waals surface area contributed by atoms with Gasteiger partial charge in [-0.1, -0.05) is 13.2 Å². The van der Waals surface area contributed by atoms with E-state index in [1.54, 1.807) is 6.08 Å². The Balaban J connectivity index is 4.70. The number of likely N-dealkylation sites (N-methyl/N-ethyl adjacent to an activating group) is 1. The molecule has 5 nitrogen and oxygen atoms in total. The minimum Gasteiger partial charge on any atom is -0.405 e. The van der Waals surface area contributed by atoms with E-state index in [4.69, 9.17) is 11.0 Å². The average Bonchev–Trinajstić information content (AvgIpc) is 2.34. The highest BCUT2D eigenvalue weighted by Crippen LogP contribution is 1.97. The maximum absolute atomic E-state index is 8.53. The smallest absolute Gasteiger partial charge is 0.133 e. The maximum atomic E-state index is 8.53. The lowest BCUT2D eigenvalue weighted by molar-refractivity contribution is 0.420. The van der Waals surface area contributed by atoms with Crippen LogP contribution in [0.4, 0.5) is 0 Å². The molecule has 0 heterocycles. The van der Waals surface area contributed by atoms with Gasteiger partial charge in [-0.05, 0) is 26.4 Å². The zero-order valence-electron chi connectivity index (χ0n) is 10.9. The van der Waals surface area contributed by atoms with Crippen LogP contribution in [0.15, 0.2) is 46.7 Å². The third kappa shape index (κ3) is 7.14. The molecule has 0 atom stereocenters. The highest BCUT2D eigenvalue weighted by molar-refractivity contribution is 6.21. The molecule has 0 saturated carbocycles. The van der Waals surface area contributed by atoms with Gasteiger partial charge in [0.1, 0.15) is 11.8 Å². The van der Waals surface area contributed by atoms with E-state index in [9.17, 15) is 0 Å². The molecule has 0 unspecified atom stereocenters. The number of rotatable bonds is 7. The number of hydrogen-bond acceptors (Lipinski definition) is 5. The van der Waals surface area contributed by atoms with Crippen molar-refractivity contribution < 1.29 is 0 Å². The largest absolute Gasteiger partial charge is 0.405 e. The van der Waals surface area contributed by atoms with Gasteiger partial charge in [0.15, 0.2) is 0 Å². The second kappa shape index (κ2) is 8.90. The van der Waals surface area contributed by atoms with Crippen LogP contribution in [-0.4, -0.2) is 44.0 Å². The van der Waals surface area contributed by atoms with Gasteiger partial charge in [-0.15, -0.1) is 0 Å². The van der Waals surface area contributed by atoms with Crippen LogP contribution in [0.3, 0.4) is 0 Å². The Hall–Kier alpha value is -2.19. The third-order valence-electron chi connectivity index (χ3n) is 1.92. The summed E-state index contributed by atoms with van der Waals surface area (Å²) in [6, 6.07) is 1.83. The van der Waals surface area contributed by atoms with Crippen molar-refractivity contribution in [3.63, 3.8) is 0 Å². The van der Waals surface area contributed by atoms with Crippen LogP contribution >= 0.6 is 0 Å². The van der Waals surface area contributed by atoms with E-state index in [2.05, 4.69) is 23.1 Å². The summed E-state index contributed by atoms with van der Waals surface area (Å²) < 4.78 is 0. The van der Waals surface area contributed by atoms with E-state index in [0.717, 1.165) is 6.54 Å². The molecule has 5 heteroatoms. The van der Waals surface area contributed by atoms with Crippen molar-refractivity contribution in [1.82, 2.24) is 4.90 Å². The van der Waals surface area contributed by atoms with Gasteiger partial charge in [0, 0.05) is 18.3 Å². The van der Waals surface area contributed by atoms with Crippen molar-refractivity contribution in [1.29, 1.82) is 5.26 Å². The molecule has 0 spiro atoms. The van der Waals surface area contributed by atoms with Crippen molar-refractivity contribution in [3.8, 4) is 6.07 Å². The lowest BCUT2D eigenvalue weighted by Gasteiger charge is -2.07. The zero-order valence-corrected chi connectivity index (χ0v) is 10.9. The van der Waals surface area contributed by atoms with E-state index in [0.29, 0.717) is 17.8 Å². The molecule has 0 aliphatic carbocycles. The van der Waals surface area contributed by atoms with Crippen molar-refractivity contribution in [3.05, 3.63) is 36.7 Å². The first-order valence-corrected chi connectivity index (χ1v) is 5.41. The lowest BCUT2D eigenvalue weighted by atomic mass is 10.2. The minimum absolute atomic E-state index is 0.125. The maximum Gasteiger partial charge on any atom is 0.133 e. The highest BCUT2D eigenvalue weighted by Gasteiger charge is 1.98. The standard InChI is InChI=1S/C13H19N5/c1-11(10-17-12(2)9-15)13(5-6-14)16-7-8-18(3)4/h5-6,10H,1-2,7-8,14H2,3-4H3. The van der Waals surface area contributed by atoms with Gasteiger partial charge in [0.05, 0.1) is 12.3 Å². The van der Waals surface area contributed by atoms with Gasteiger partial charge in [-0.3, -0.25) is 4.99 Å². The number of nitrogens with two attached hydrogens (primary N) is 1. The molecule has 0 aliphatic heterocycles. The normalized spacial score (nSPS) is 12.2. The summed E-state index contributed by atoms with van der Waals surface area (Å²) in [5.74, 6) is 0. The van der Waals surface area contributed by atoms with Gasteiger partial charge in [0.2, 0.25) is 0 Å². The third-order valence-corrected chi connectivity index (χ3v) is 1.92. The first-order chi connectivity index (χ1) is 8.51. The Morgan fingerprint density at radius 3 is 2.61 bits per heavy atom. The summed E-state index contributed by atoms with van der Waals surface area (Å²) in [7, 11) is 3.95. The summed E-state index contributed by atoms with van der Waals surface area (Å²) >= 11 is 0. The van der Waals surface area contributed by atoms with Crippen LogP contribution < -0.4 is 5.73 Å². The van der Waals surface area contributed by atoms with Crippen molar-refractivity contribution >= 4 is 11.9 Å². The molecular weight excluding hydrogens is 226 g/mol. The van der Waals surface area contributed by atoms with Gasteiger partial charge < -0.3 is 10.6 Å². The average molecular weight is 245 g/mol. The summed E-state index contributed by atoms with van der Waals surface area (Å²) in [4.78, 5) is 10.2. The van der Waals surface area contributed by atoms with Gasteiger partial charge in [-0.25, -0.2) is 4.99 Å². The molecule has 18 heavy (non-hydrogen) atoms. The van der Waals surface area contributed by atoms with Gasteiger partial charge in [-0.2, -0.15) is 5.26 Å². The second-order valence-electron chi connectivity index (χ2n) is 3.77. The number of nitriles is 1. The van der Waals surface area contributed by atoms with E-state index < -0.39 is 0 Å². The topological polar surface area (TPSA) is 77.8 Å². The van der Waals surface area contributed by atoms with Crippen molar-refractivity contribution in [2.24, 2.45) is 15.7 Å². The van der Waals surface area contributed by atoms with Crippen molar-refractivity contribution in [2.75, 3.05) is 27.2 Å². The fourth-order valence-electron chi connectivity index (χ4n) is 0.974. The van der Waals surface area contributed by atoms with Crippen LogP contribution in [0.5, 0.6) is 0 Å². The Morgan fingerprint density at radius 2 is 2.11 bits per heavy atom. The molecule has 0 aromatic carbocycles. The van der Waals surface area contributed by atoms with Gasteiger partial charge >= 0.3 is 0 Å². The number of aliphatic imine (C=N–C) groups is 2. The molecule has 0 aromatic rings. The highest BCUT2D eigenvalue weighted by atomic mass is 15.1. The fraction of sp³-hybridized carbons (Fsp3) is 0.308. The Kier molecular flexibility index (Phi) is 7.82. The molecule has 2 N–H and O–H groups in total. The van der Waals surface area contributed by atoms with E-state index in [-0.39, 0.29) is 5.70 Å². The fourth-order valence-corrected chi connectivity index (χ4v) is 0.974. The Labute approximate surface area is 108 Å². The molecule has 0 radical (unpaired) electrons. The molecule has 0 rings (SSSR count). The van der Waals surface area contributed by atoms with E-state index >= 15 is 0 Å². The minimum atomic E-state index is 0.125. The van der Waals surface area contributed by atoms with Crippen LogP contribution in [0.25, 0.3) is 0 Å². The number of nitrogens with zero attached hydrogens (tertiary/aromatic N) is 4. The molecule has 0 aliphatic rings. The van der Waals surface area contributed by atoms with E-state index in [1.165, 1.54) is 12.4 Å². The predicted octanol–water partition coefficient (Wildman–Crippen LogP) is 1.13. The monoisotopic (exact) mass is 245 g/mol. The predicted molar refractivity (Wildman–Crippen MR) is 76.6 cm³/mol. The summed E-state index contributed by atoms with van der Waals surface area (Å²) in [5.41, 5.74) is 6.72. The number of hydrogen-bond donors (Lipinski definition) is 1. The first-order valence-electron chi connectivity index (χ1n) is 5.41. The van der Waals surface area contributed by atoms with Crippen molar-refractivity contribution in [2.45, 2.75) is 0 Å². The molecule has 0 amide bonds. The molecule has 0 bridgehead atoms. The quantitative estimate of drug-likeness (QED) is 0.539. The van der Waals surface area contributed by atoms with Crippen LogP contribution in [0.1, 0.15) is 0 Å². The van der Waals surface area contributed by atoms with Crippen LogP contribution in [-0.2, 0) is 0 Å². The Bertz CT molecular complexity index is 421. The zero-order chi connectivity index (χ0) is 14.0. The van der Waals surface area contributed by atoms with Crippen LogP contribution in [0, 0.1) is 11.3 Å².